The van der Waals surface area contributed by atoms with E-state index >= 15 is 0 Å². The Morgan fingerprint density at radius 2 is 2.31 bits per heavy atom. The zero-order valence-corrected chi connectivity index (χ0v) is 7.15. The average Bonchev–Trinajstić information content (AvgIpc) is 2.30. The lowest BCUT2D eigenvalue weighted by Crippen LogP contribution is -2.55. The minimum Gasteiger partial charge on any atom is -0.479 e. The Bertz CT molecular complexity index is 255. The molecule has 1 heterocycles. The monoisotopic (exact) mass is 188 g/mol. The maximum absolute atomic E-state index is 11.1. The highest BCUT2D eigenvalue weighted by Crippen LogP contribution is 2.26. The molecule has 1 saturated heterocycles. The van der Waals surface area contributed by atoms with Crippen LogP contribution in [0.1, 0.15) is 6.92 Å². The second kappa shape index (κ2) is 2.97. The van der Waals surface area contributed by atoms with Gasteiger partial charge >= 0.3 is 5.97 Å². The summed E-state index contributed by atoms with van der Waals surface area (Å²) >= 11 is 0. The maximum atomic E-state index is 11.1. The lowest BCUT2D eigenvalue weighted by atomic mass is 9.86. The summed E-state index contributed by atoms with van der Waals surface area (Å²) in [6, 6.07) is -0.872. The molecule has 3 atom stereocenters. The SMILES string of the molecule is C[C@@H]1[C@H](N)C(=O)NC1(CO)C(=O)O. The summed E-state index contributed by atoms with van der Waals surface area (Å²) < 4.78 is 0. The number of carboxylic acid groups (broad SMARTS) is 1. The third-order valence-electron chi connectivity index (χ3n) is 2.60. The van der Waals surface area contributed by atoms with Crippen LogP contribution in [0.2, 0.25) is 0 Å². The normalized spacial score (nSPS) is 38.8. The Balaban J connectivity index is 3.03. The standard InChI is InChI=1S/C7H12N2O4/c1-3-4(8)5(11)9-7(3,2-10)6(12)13/h3-4,10H,2,8H2,1H3,(H,9,11)(H,12,13)/t3-,4+,7?/m1/s1. The van der Waals surface area contributed by atoms with Crippen LogP contribution in [0.5, 0.6) is 0 Å². The van der Waals surface area contributed by atoms with Crippen molar-refractivity contribution in [1.82, 2.24) is 5.32 Å². The molecule has 6 heteroatoms. The van der Waals surface area contributed by atoms with Crippen LogP contribution in [0.25, 0.3) is 0 Å². The zero-order chi connectivity index (χ0) is 10.2. The number of rotatable bonds is 2. The van der Waals surface area contributed by atoms with Gasteiger partial charge in [-0.3, -0.25) is 4.79 Å². The van der Waals surface area contributed by atoms with E-state index in [-0.39, 0.29) is 0 Å². The van der Waals surface area contributed by atoms with Gasteiger partial charge in [-0.1, -0.05) is 6.92 Å². The van der Waals surface area contributed by atoms with Crippen LogP contribution in [0.4, 0.5) is 0 Å². The summed E-state index contributed by atoms with van der Waals surface area (Å²) in [4.78, 5) is 21.9. The first kappa shape index (κ1) is 9.94. The van der Waals surface area contributed by atoms with Gasteiger partial charge in [0.2, 0.25) is 5.91 Å². The fraction of sp³-hybridized carbons (Fsp3) is 0.714. The van der Waals surface area contributed by atoms with Crippen molar-refractivity contribution < 1.29 is 19.8 Å². The van der Waals surface area contributed by atoms with Crippen molar-refractivity contribution in [2.75, 3.05) is 6.61 Å². The highest BCUT2D eigenvalue weighted by Gasteiger charge is 2.54. The number of hydrogen-bond donors (Lipinski definition) is 4. The first-order chi connectivity index (χ1) is 5.95. The molecule has 0 bridgehead atoms. The molecule has 0 aromatic rings. The molecular weight excluding hydrogens is 176 g/mol. The number of aliphatic carboxylic acids is 1. The van der Waals surface area contributed by atoms with Gasteiger partial charge in [-0.05, 0) is 0 Å². The number of hydrogen-bond acceptors (Lipinski definition) is 4. The van der Waals surface area contributed by atoms with Crippen molar-refractivity contribution in [2.45, 2.75) is 18.5 Å². The fourth-order valence-electron chi connectivity index (χ4n) is 1.45. The lowest BCUT2D eigenvalue weighted by Gasteiger charge is -2.26. The number of nitrogens with two attached hydrogens (primary N) is 1. The van der Waals surface area contributed by atoms with Crippen LogP contribution < -0.4 is 11.1 Å². The largest absolute Gasteiger partial charge is 0.479 e. The van der Waals surface area contributed by atoms with Crippen molar-refractivity contribution >= 4 is 11.9 Å². The Hall–Kier alpha value is -1.14. The molecule has 74 valence electrons. The van der Waals surface area contributed by atoms with Gasteiger partial charge in [-0.2, -0.15) is 0 Å². The van der Waals surface area contributed by atoms with E-state index in [2.05, 4.69) is 5.32 Å². The van der Waals surface area contributed by atoms with Gasteiger partial charge in [0.25, 0.3) is 0 Å². The van der Waals surface area contributed by atoms with E-state index in [1.165, 1.54) is 6.92 Å². The van der Waals surface area contributed by atoms with Gasteiger partial charge in [0.15, 0.2) is 5.54 Å². The molecular formula is C7H12N2O4. The summed E-state index contributed by atoms with van der Waals surface area (Å²) in [5, 5.41) is 20.0. The molecule has 0 spiro atoms. The predicted molar refractivity (Wildman–Crippen MR) is 42.7 cm³/mol. The molecule has 1 fully saturated rings. The Morgan fingerprint density at radius 3 is 2.46 bits per heavy atom. The summed E-state index contributed by atoms with van der Waals surface area (Å²) in [6.07, 6.45) is 0. The molecule has 1 unspecified atom stereocenters. The number of nitrogens with one attached hydrogen (secondary N) is 1. The van der Waals surface area contributed by atoms with Gasteiger partial charge in [-0.25, -0.2) is 4.79 Å². The first-order valence-electron chi connectivity index (χ1n) is 3.87. The topological polar surface area (TPSA) is 113 Å². The summed E-state index contributed by atoms with van der Waals surface area (Å²) in [5.41, 5.74) is 3.81. The molecule has 13 heavy (non-hydrogen) atoms. The van der Waals surface area contributed by atoms with Crippen molar-refractivity contribution in [3.63, 3.8) is 0 Å². The molecule has 0 aromatic carbocycles. The average molecular weight is 188 g/mol. The van der Waals surface area contributed by atoms with E-state index in [0.29, 0.717) is 0 Å². The molecule has 0 aliphatic carbocycles. The van der Waals surface area contributed by atoms with Crippen molar-refractivity contribution in [3.8, 4) is 0 Å². The highest BCUT2D eigenvalue weighted by atomic mass is 16.4. The van der Waals surface area contributed by atoms with Crippen molar-refractivity contribution in [1.29, 1.82) is 0 Å². The number of amides is 1. The van der Waals surface area contributed by atoms with Crippen LogP contribution in [0, 0.1) is 5.92 Å². The van der Waals surface area contributed by atoms with Crippen LogP contribution >= 0.6 is 0 Å². The number of carboxylic acids is 1. The van der Waals surface area contributed by atoms with Gasteiger partial charge in [0.1, 0.15) is 0 Å². The number of carbonyl (C=O) groups excluding carboxylic acids is 1. The minimum absolute atomic E-state index is 0.538. The van der Waals surface area contributed by atoms with Crippen molar-refractivity contribution in [2.24, 2.45) is 11.7 Å². The molecule has 0 radical (unpaired) electrons. The smallest absolute Gasteiger partial charge is 0.332 e. The molecule has 1 aliphatic heterocycles. The van der Waals surface area contributed by atoms with E-state index in [9.17, 15) is 9.59 Å². The van der Waals surface area contributed by atoms with Crippen molar-refractivity contribution in [3.05, 3.63) is 0 Å². The zero-order valence-electron chi connectivity index (χ0n) is 7.15. The van der Waals surface area contributed by atoms with Crippen LogP contribution in [0.3, 0.4) is 0 Å². The second-order valence-electron chi connectivity index (χ2n) is 3.24. The third-order valence-corrected chi connectivity index (χ3v) is 2.60. The van der Waals surface area contributed by atoms with E-state index in [1.54, 1.807) is 0 Å². The van der Waals surface area contributed by atoms with Gasteiger partial charge in [-0.15, -0.1) is 0 Å². The first-order valence-corrected chi connectivity index (χ1v) is 3.87. The summed E-state index contributed by atoms with van der Waals surface area (Å²) in [6.45, 7) is 0.871. The quantitative estimate of drug-likeness (QED) is 0.396. The Labute approximate surface area is 74.7 Å². The van der Waals surface area contributed by atoms with Crippen LogP contribution in [0.15, 0.2) is 0 Å². The molecule has 5 N–H and O–H groups in total. The fourth-order valence-corrected chi connectivity index (χ4v) is 1.45. The van der Waals surface area contributed by atoms with E-state index in [4.69, 9.17) is 15.9 Å². The number of aliphatic hydroxyl groups is 1. The summed E-state index contributed by atoms with van der Waals surface area (Å²) in [7, 11) is 0. The molecule has 6 nitrogen and oxygen atoms in total. The molecule has 1 amide bonds. The Kier molecular flexibility index (Phi) is 2.27. The molecule has 1 rings (SSSR count). The second-order valence-corrected chi connectivity index (χ2v) is 3.24. The number of carbonyl (C=O) groups is 2. The Morgan fingerprint density at radius 1 is 1.77 bits per heavy atom. The van der Waals surface area contributed by atoms with E-state index < -0.39 is 36.0 Å². The molecule has 1 aliphatic rings. The summed E-state index contributed by atoms with van der Waals surface area (Å²) in [5.74, 6) is -2.42. The minimum atomic E-state index is -1.61. The predicted octanol–water partition coefficient (Wildman–Crippen LogP) is -2.10. The lowest BCUT2D eigenvalue weighted by molar-refractivity contribution is -0.148. The molecule has 0 saturated carbocycles. The highest BCUT2D eigenvalue weighted by molar-refractivity contribution is 5.94. The van der Waals surface area contributed by atoms with Gasteiger partial charge < -0.3 is 21.3 Å². The number of aliphatic hydroxyl groups excluding tert-OH is 1. The van der Waals surface area contributed by atoms with E-state index in [1.807, 2.05) is 0 Å². The third kappa shape index (κ3) is 1.18. The van der Waals surface area contributed by atoms with Crippen LogP contribution in [-0.2, 0) is 9.59 Å². The van der Waals surface area contributed by atoms with E-state index in [0.717, 1.165) is 0 Å². The molecule has 0 aromatic heterocycles. The maximum Gasteiger partial charge on any atom is 0.332 e. The van der Waals surface area contributed by atoms with Gasteiger partial charge in [0, 0.05) is 5.92 Å². The van der Waals surface area contributed by atoms with Gasteiger partial charge in [0.05, 0.1) is 12.6 Å². The van der Waals surface area contributed by atoms with Crippen LogP contribution in [-0.4, -0.2) is 40.3 Å².